The monoisotopic (exact) mass is 418 g/mol. The highest BCUT2D eigenvalue weighted by molar-refractivity contribution is 7.92. The summed E-state index contributed by atoms with van der Waals surface area (Å²) in [6.07, 6.45) is 1.96. The van der Waals surface area contributed by atoms with Crippen molar-refractivity contribution < 1.29 is 17.9 Å². The van der Waals surface area contributed by atoms with Crippen molar-refractivity contribution in [3.8, 4) is 5.75 Å². The van der Waals surface area contributed by atoms with Crippen molar-refractivity contribution in [2.24, 2.45) is 0 Å². The minimum absolute atomic E-state index is 0.280. The number of hydrogen-bond acceptors (Lipinski definition) is 4. The summed E-state index contributed by atoms with van der Waals surface area (Å²) in [6.45, 7) is 8.18. The predicted molar refractivity (Wildman–Crippen MR) is 117 cm³/mol. The third-order valence-corrected chi connectivity index (χ3v) is 5.79. The molecule has 0 bridgehead atoms. The zero-order valence-electron chi connectivity index (χ0n) is 17.7. The molecule has 158 valence electrons. The van der Waals surface area contributed by atoms with E-state index in [1.54, 1.807) is 19.1 Å². The highest BCUT2D eigenvalue weighted by atomic mass is 32.2. The van der Waals surface area contributed by atoms with E-state index in [0.29, 0.717) is 12.3 Å². The van der Waals surface area contributed by atoms with Crippen LogP contribution in [0, 0.1) is 13.8 Å². The highest BCUT2D eigenvalue weighted by Gasteiger charge is 2.28. The van der Waals surface area contributed by atoms with Crippen molar-refractivity contribution in [2.75, 3.05) is 23.7 Å². The Labute approximate surface area is 173 Å². The van der Waals surface area contributed by atoms with Gasteiger partial charge >= 0.3 is 0 Å². The van der Waals surface area contributed by atoms with E-state index in [0.717, 1.165) is 39.4 Å². The number of ether oxygens (including phenoxy) is 1. The van der Waals surface area contributed by atoms with Crippen molar-refractivity contribution in [2.45, 2.75) is 40.2 Å². The fourth-order valence-corrected chi connectivity index (χ4v) is 4.37. The molecular formula is C22H30N2O4S. The van der Waals surface area contributed by atoms with Crippen molar-refractivity contribution in [1.82, 2.24) is 5.32 Å². The van der Waals surface area contributed by atoms with Crippen LogP contribution in [0.5, 0.6) is 5.75 Å². The van der Waals surface area contributed by atoms with Gasteiger partial charge in [-0.05, 0) is 68.1 Å². The second kappa shape index (κ2) is 9.78. The Morgan fingerprint density at radius 1 is 1.10 bits per heavy atom. The van der Waals surface area contributed by atoms with E-state index >= 15 is 0 Å². The number of sulfonamides is 1. The number of carbonyl (C=O) groups excluding carboxylic acids is 1. The molecule has 0 saturated carbocycles. The molecule has 1 N–H and O–H groups in total. The van der Waals surface area contributed by atoms with Crippen LogP contribution in [0.25, 0.3) is 0 Å². The van der Waals surface area contributed by atoms with Crippen LogP contribution < -0.4 is 14.4 Å². The Morgan fingerprint density at radius 2 is 1.69 bits per heavy atom. The number of aryl methyl sites for hydroxylation is 3. The fraction of sp³-hybridized carbons (Fsp3) is 0.409. The second-order valence-electron chi connectivity index (χ2n) is 7.22. The fourth-order valence-electron chi connectivity index (χ4n) is 3.19. The molecule has 0 fully saturated rings. The molecule has 7 heteroatoms. The van der Waals surface area contributed by atoms with Crippen molar-refractivity contribution >= 4 is 21.6 Å². The van der Waals surface area contributed by atoms with Gasteiger partial charge in [-0.2, -0.15) is 0 Å². The first-order valence-corrected chi connectivity index (χ1v) is 11.5. The topological polar surface area (TPSA) is 75.7 Å². The Kier molecular flexibility index (Phi) is 7.67. The number of benzene rings is 2. The molecule has 0 spiro atoms. The lowest BCUT2D eigenvalue weighted by Crippen LogP contribution is -2.48. The van der Waals surface area contributed by atoms with Gasteiger partial charge in [0.25, 0.3) is 0 Å². The second-order valence-corrected chi connectivity index (χ2v) is 9.08. The molecule has 0 radical (unpaired) electrons. The maximum absolute atomic E-state index is 12.6. The maximum atomic E-state index is 12.6. The van der Waals surface area contributed by atoms with Gasteiger partial charge in [-0.1, -0.05) is 25.1 Å². The van der Waals surface area contributed by atoms with Crippen LogP contribution in [0.4, 0.5) is 5.69 Å². The van der Waals surface area contributed by atoms with Crippen LogP contribution in [0.1, 0.15) is 30.5 Å². The summed E-state index contributed by atoms with van der Waals surface area (Å²) in [5.74, 6) is 0.373. The van der Waals surface area contributed by atoms with Gasteiger partial charge in [-0.25, -0.2) is 8.42 Å². The van der Waals surface area contributed by atoms with E-state index in [9.17, 15) is 13.2 Å². The third kappa shape index (κ3) is 6.49. The van der Waals surface area contributed by atoms with Crippen molar-refractivity contribution in [3.05, 3.63) is 59.2 Å². The summed E-state index contributed by atoms with van der Waals surface area (Å²) in [5.41, 5.74) is 3.78. The molecule has 2 rings (SSSR count). The summed E-state index contributed by atoms with van der Waals surface area (Å²) in [5, 5.41) is 2.76. The van der Waals surface area contributed by atoms with Crippen LogP contribution in [0.15, 0.2) is 42.5 Å². The summed E-state index contributed by atoms with van der Waals surface area (Å²) >= 11 is 0. The minimum atomic E-state index is -3.62. The van der Waals surface area contributed by atoms with E-state index in [1.807, 2.05) is 45.0 Å². The first kappa shape index (κ1) is 22.7. The Morgan fingerprint density at radius 3 is 2.21 bits per heavy atom. The van der Waals surface area contributed by atoms with E-state index in [1.165, 1.54) is 0 Å². The number of rotatable bonds is 9. The zero-order chi connectivity index (χ0) is 21.6. The van der Waals surface area contributed by atoms with Gasteiger partial charge in [0.2, 0.25) is 15.9 Å². The lowest BCUT2D eigenvalue weighted by molar-refractivity contribution is -0.121. The molecule has 0 aromatic heterocycles. The number of carbonyl (C=O) groups is 1. The normalized spacial score (nSPS) is 12.3. The molecule has 2 aromatic carbocycles. The van der Waals surface area contributed by atoms with Gasteiger partial charge in [0.15, 0.2) is 0 Å². The Hall–Kier alpha value is -2.54. The number of anilines is 1. The van der Waals surface area contributed by atoms with Crippen LogP contribution in [-0.4, -0.2) is 39.8 Å². The van der Waals surface area contributed by atoms with Gasteiger partial charge in [-0.15, -0.1) is 0 Å². The Balaban J connectivity index is 1.99. The molecule has 6 nitrogen and oxygen atoms in total. The number of hydrogen-bond donors (Lipinski definition) is 1. The predicted octanol–water partition coefficient (Wildman–Crippen LogP) is 3.22. The number of amides is 1. The average molecular weight is 419 g/mol. The first-order valence-electron chi connectivity index (χ1n) is 9.69. The molecule has 0 saturated heterocycles. The summed E-state index contributed by atoms with van der Waals surface area (Å²) in [7, 11) is -3.62. The van der Waals surface area contributed by atoms with Gasteiger partial charge in [0.05, 0.1) is 18.5 Å². The molecule has 0 aliphatic heterocycles. The number of nitrogens with zero attached hydrogens (tertiary/aromatic N) is 1. The molecule has 0 aliphatic carbocycles. The molecule has 29 heavy (non-hydrogen) atoms. The average Bonchev–Trinajstić information content (AvgIpc) is 2.64. The highest BCUT2D eigenvalue weighted by Crippen LogP contribution is 2.22. The number of nitrogens with one attached hydrogen (secondary N) is 1. The molecule has 1 unspecified atom stereocenters. The quantitative estimate of drug-likeness (QED) is 0.635. The Bertz CT molecular complexity index is 920. The summed E-state index contributed by atoms with van der Waals surface area (Å²) < 4.78 is 31.5. The van der Waals surface area contributed by atoms with Crippen molar-refractivity contribution in [1.29, 1.82) is 0 Å². The molecule has 2 aromatic rings. The van der Waals surface area contributed by atoms with Crippen LogP contribution in [0.3, 0.4) is 0 Å². The van der Waals surface area contributed by atoms with E-state index in [4.69, 9.17) is 4.74 Å². The van der Waals surface area contributed by atoms with Gasteiger partial charge in [0.1, 0.15) is 18.4 Å². The lowest BCUT2D eigenvalue weighted by atomic mass is 10.1. The molecule has 0 aliphatic rings. The largest absolute Gasteiger partial charge is 0.492 e. The molecular weight excluding hydrogens is 388 g/mol. The molecule has 1 amide bonds. The maximum Gasteiger partial charge on any atom is 0.243 e. The zero-order valence-corrected chi connectivity index (χ0v) is 18.5. The summed E-state index contributed by atoms with van der Waals surface area (Å²) in [6, 6.07) is 12.2. The standard InChI is InChI=1S/C22H30N2O4S/c1-6-19-7-9-20(10-8-19)24(29(5,26)27)18(4)22(25)23-11-12-28-21-14-16(2)13-17(3)15-21/h7-10,13-15,18H,6,11-12H2,1-5H3,(H,23,25). The molecule has 0 heterocycles. The van der Waals surface area contributed by atoms with E-state index in [2.05, 4.69) is 11.4 Å². The SMILES string of the molecule is CCc1ccc(N(C(C)C(=O)NCCOc2cc(C)cc(C)c2)S(C)(=O)=O)cc1. The van der Waals surface area contributed by atoms with Crippen LogP contribution >= 0.6 is 0 Å². The molecule has 1 atom stereocenters. The lowest BCUT2D eigenvalue weighted by Gasteiger charge is -2.28. The van der Waals surface area contributed by atoms with Crippen LogP contribution in [-0.2, 0) is 21.2 Å². The first-order chi connectivity index (χ1) is 13.6. The van der Waals surface area contributed by atoms with Gasteiger partial charge in [-0.3, -0.25) is 9.10 Å². The van der Waals surface area contributed by atoms with Crippen molar-refractivity contribution in [3.63, 3.8) is 0 Å². The summed E-state index contributed by atoms with van der Waals surface area (Å²) in [4.78, 5) is 12.6. The van der Waals surface area contributed by atoms with E-state index < -0.39 is 16.1 Å². The smallest absolute Gasteiger partial charge is 0.243 e. The van der Waals surface area contributed by atoms with E-state index in [-0.39, 0.29) is 12.5 Å². The van der Waals surface area contributed by atoms with Gasteiger partial charge in [0, 0.05) is 0 Å². The third-order valence-electron chi connectivity index (χ3n) is 4.55. The van der Waals surface area contributed by atoms with Gasteiger partial charge < -0.3 is 10.1 Å². The minimum Gasteiger partial charge on any atom is -0.492 e. The van der Waals surface area contributed by atoms with Crippen LogP contribution in [0.2, 0.25) is 0 Å².